The van der Waals surface area contributed by atoms with Gasteiger partial charge in [0.1, 0.15) is 11.9 Å². The van der Waals surface area contributed by atoms with Gasteiger partial charge in [-0.3, -0.25) is 4.98 Å². The van der Waals surface area contributed by atoms with Crippen LogP contribution in [-0.2, 0) is 6.54 Å². The van der Waals surface area contributed by atoms with Gasteiger partial charge in [0.05, 0.1) is 5.69 Å². The molecule has 1 N–H and O–H groups in total. The van der Waals surface area contributed by atoms with E-state index >= 15 is 0 Å². The molecule has 0 saturated heterocycles. The van der Waals surface area contributed by atoms with Gasteiger partial charge in [-0.05, 0) is 48.5 Å². The van der Waals surface area contributed by atoms with Gasteiger partial charge in [-0.15, -0.1) is 5.10 Å². The molecule has 0 fully saturated rings. The summed E-state index contributed by atoms with van der Waals surface area (Å²) in [6.07, 6.45) is 3.30. The molecule has 0 unspecified atom stereocenters. The van der Waals surface area contributed by atoms with E-state index in [9.17, 15) is 9.65 Å². The van der Waals surface area contributed by atoms with Crippen molar-refractivity contribution in [3.8, 4) is 23.1 Å². The maximum absolute atomic E-state index is 13.9. The largest absolute Gasteiger partial charge is 0.381 e. The van der Waals surface area contributed by atoms with Gasteiger partial charge in [0.2, 0.25) is 5.82 Å². The fourth-order valence-electron chi connectivity index (χ4n) is 2.79. The average molecular weight is 405 g/mol. The number of anilines is 1. The van der Waals surface area contributed by atoms with Crippen LogP contribution in [-0.4, -0.2) is 19.7 Å². The van der Waals surface area contributed by atoms with Crippen molar-refractivity contribution >= 4 is 17.3 Å². The molecule has 4 aromatic rings. The van der Waals surface area contributed by atoms with Crippen molar-refractivity contribution in [2.75, 3.05) is 5.32 Å². The summed E-state index contributed by atoms with van der Waals surface area (Å²) in [5, 5.41) is 17.3. The third kappa shape index (κ3) is 3.93. The number of benzene rings is 2. The topological polar surface area (TPSA) is 79.4 Å². The minimum Gasteiger partial charge on any atom is -0.381 e. The van der Waals surface area contributed by atoms with Crippen LogP contribution in [0.4, 0.5) is 10.1 Å². The molecule has 0 amide bonds. The molecule has 2 heterocycles. The Morgan fingerprint density at radius 3 is 2.62 bits per heavy atom. The van der Waals surface area contributed by atoms with E-state index in [1.54, 1.807) is 42.7 Å². The Morgan fingerprint density at radius 1 is 1.10 bits per heavy atom. The van der Waals surface area contributed by atoms with E-state index in [0.29, 0.717) is 22.1 Å². The van der Waals surface area contributed by atoms with Crippen LogP contribution in [0, 0.1) is 17.1 Å². The molecule has 0 radical (unpaired) electrons. The third-order valence-corrected chi connectivity index (χ3v) is 4.62. The average Bonchev–Trinajstić information content (AvgIpc) is 3.19. The fourth-order valence-corrected chi connectivity index (χ4v) is 3.02. The van der Waals surface area contributed by atoms with E-state index < -0.39 is 0 Å². The first-order valence-corrected chi connectivity index (χ1v) is 9.08. The highest BCUT2D eigenvalue weighted by molar-refractivity contribution is 6.31. The van der Waals surface area contributed by atoms with Crippen LogP contribution in [0.2, 0.25) is 5.02 Å². The molecule has 0 aliphatic heterocycles. The van der Waals surface area contributed by atoms with Gasteiger partial charge in [0.15, 0.2) is 5.82 Å². The number of nitrogens with zero attached hydrogens (tertiary/aromatic N) is 5. The number of pyridine rings is 1. The molecule has 0 saturated carbocycles. The number of rotatable bonds is 5. The van der Waals surface area contributed by atoms with Crippen LogP contribution in [0.1, 0.15) is 11.4 Å². The second-order valence-electron chi connectivity index (χ2n) is 6.12. The number of hydrogen-bond acceptors (Lipinski definition) is 5. The number of hydrogen-bond donors (Lipinski definition) is 1. The Labute approximate surface area is 171 Å². The maximum Gasteiger partial charge on any atom is 0.236 e. The first-order chi connectivity index (χ1) is 14.2. The number of nitrogens with one attached hydrogen (secondary N) is 1. The van der Waals surface area contributed by atoms with Crippen molar-refractivity contribution in [3.63, 3.8) is 0 Å². The highest BCUT2D eigenvalue weighted by Crippen LogP contribution is 2.22. The molecule has 6 nitrogen and oxygen atoms in total. The van der Waals surface area contributed by atoms with Gasteiger partial charge in [-0.1, -0.05) is 17.7 Å². The fraction of sp³-hybridized carbons (Fsp3) is 0.0476. The maximum atomic E-state index is 13.9. The van der Waals surface area contributed by atoms with Crippen LogP contribution >= 0.6 is 11.6 Å². The van der Waals surface area contributed by atoms with E-state index in [-0.39, 0.29) is 18.2 Å². The molecule has 4 rings (SSSR count). The van der Waals surface area contributed by atoms with E-state index in [0.717, 1.165) is 11.3 Å². The number of aromatic nitrogens is 4. The Bertz CT molecular complexity index is 1160. The lowest BCUT2D eigenvalue weighted by atomic mass is 10.2. The van der Waals surface area contributed by atoms with Gasteiger partial charge in [0, 0.05) is 40.8 Å². The van der Waals surface area contributed by atoms with Gasteiger partial charge in [-0.2, -0.15) is 10.2 Å². The van der Waals surface area contributed by atoms with Gasteiger partial charge in [-0.25, -0.2) is 9.07 Å². The lowest BCUT2D eigenvalue weighted by Crippen LogP contribution is -2.04. The normalized spacial score (nSPS) is 10.5. The van der Waals surface area contributed by atoms with Gasteiger partial charge >= 0.3 is 0 Å². The minimum atomic E-state index is -0.356. The van der Waals surface area contributed by atoms with Gasteiger partial charge < -0.3 is 5.32 Å². The predicted molar refractivity (Wildman–Crippen MR) is 108 cm³/mol. The second kappa shape index (κ2) is 8.09. The Kier molecular flexibility index (Phi) is 5.18. The van der Waals surface area contributed by atoms with E-state index in [2.05, 4.69) is 26.5 Å². The zero-order valence-electron chi connectivity index (χ0n) is 15.0. The Morgan fingerprint density at radius 2 is 1.93 bits per heavy atom. The number of nitriles is 1. The molecule has 8 heteroatoms. The predicted octanol–water partition coefficient (Wildman–Crippen LogP) is 4.61. The molecule has 142 valence electrons. The molecular formula is C21H14ClFN6. The first-order valence-electron chi connectivity index (χ1n) is 8.70. The standard InChI is InChI=1S/C21H14ClFN6/c22-18-4-1-5-19(23)17(18)13-26-15-6-8-16(9-7-15)29-20(11-24)27-21(28-29)14-3-2-10-25-12-14/h1-10,12,26H,13H2. The summed E-state index contributed by atoms with van der Waals surface area (Å²) in [4.78, 5) is 8.32. The summed E-state index contributed by atoms with van der Waals surface area (Å²) >= 11 is 6.05. The molecule has 2 aromatic heterocycles. The van der Waals surface area contributed by atoms with E-state index in [4.69, 9.17) is 11.6 Å². The first kappa shape index (κ1) is 18.6. The smallest absolute Gasteiger partial charge is 0.236 e. The lowest BCUT2D eigenvalue weighted by Gasteiger charge is -2.10. The summed E-state index contributed by atoms with van der Waals surface area (Å²) < 4.78 is 15.4. The van der Waals surface area contributed by atoms with Crippen molar-refractivity contribution < 1.29 is 4.39 Å². The van der Waals surface area contributed by atoms with Crippen LogP contribution < -0.4 is 5.32 Å². The zero-order chi connectivity index (χ0) is 20.2. The molecular weight excluding hydrogens is 391 g/mol. The van der Waals surface area contributed by atoms with E-state index in [1.807, 2.05) is 18.2 Å². The molecule has 0 spiro atoms. The molecule has 2 aromatic carbocycles. The summed E-state index contributed by atoms with van der Waals surface area (Å²) in [5.74, 6) is 0.236. The highest BCUT2D eigenvalue weighted by Gasteiger charge is 2.13. The monoisotopic (exact) mass is 404 g/mol. The SMILES string of the molecule is N#Cc1nc(-c2cccnc2)nn1-c1ccc(NCc2c(F)cccc2Cl)cc1. The van der Waals surface area contributed by atoms with Crippen molar-refractivity contribution in [1.82, 2.24) is 19.7 Å². The zero-order valence-corrected chi connectivity index (χ0v) is 15.8. The molecule has 29 heavy (non-hydrogen) atoms. The van der Waals surface area contributed by atoms with Crippen molar-refractivity contribution in [2.24, 2.45) is 0 Å². The van der Waals surface area contributed by atoms with Crippen LogP contribution in [0.25, 0.3) is 17.1 Å². The summed E-state index contributed by atoms with van der Waals surface area (Å²) in [6.45, 7) is 0.253. The highest BCUT2D eigenvalue weighted by atomic mass is 35.5. The van der Waals surface area contributed by atoms with Crippen LogP contribution in [0.15, 0.2) is 67.0 Å². The summed E-state index contributed by atoms with van der Waals surface area (Å²) in [6, 6.07) is 17.5. The van der Waals surface area contributed by atoms with Crippen molar-refractivity contribution in [1.29, 1.82) is 5.26 Å². The molecule has 0 atom stereocenters. The molecule has 0 bridgehead atoms. The number of halogens is 2. The van der Waals surface area contributed by atoms with Crippen molar-refractivity contribution in [2.45, 2.75) is 6.54 Å². The third-order valence-electron chi connectivity index (χ3n) is 4.27. The quantitative estimate of drug-likeness (QED) is 0.525. The minimum absolute atomic E-state index is 0.169. The van der Waals surface area contributed by atoms with E-state index in [1.165, 1.54) is 10.7 Å². The lowest BCUT2D eigenvalue weighted by molar-refractivity contribution is 0.613. The van der Waals surface area contributed by atoms with Gasteiger partial charge in [0.25, 0.3) is 0 Å². The Balaban J connectivity index is 1.55. The van der Waals surface area contributed by atoms with Crippen LogP contribution in [0.5, 0.6) is 0 Å². The summed E-state index contributed by atoms with van der Waals surface area (Å²) in [5.41, 5.74) is 2.59. The molecule has 0 aliphatic rings. The van der Waals surface area contributed by atoms with Crippen molar-refractivity contribution in [3.05, 3.63) is 89.2 Å². The van der Waals surface area contributed by atoms with Crippen LogP contribution in [0.3, 0.4) is 0 Å². The molecule has 0 aliphatic carbocycles. The summed E-state index contributed by atoms with van der Waals surface area (Å²) in [7, 11) is 0. The second-order valence-corrected chi connectivity index (χ2v) is 6.53. The Hall–Kier alpha value is -3.76.